The van der Waals surface area contributed by atoms with E-state index in [9.17, 15) is 5.11 Å². The maximum absolute atomic E-state index is 9.28. The van der Waals surface area contributed by atoms with Crippen molar-refractivity contribution in [2.24, 2.45) is 0 Å². The monoisotopic (exact) mass is 203 g/mol. The molecule has 0 bridgehead atoms. The molecule has 0 aliphatic rings. The number of nitrogens with one attached hydrogen (secondary N) is 1. The van der Waals surface area contributed by atoms with Crippen LogP contribution in [-0.4, -0.2) is 11.1 Å². The summed E-state index contributed by atoms with van der Waals surface area (Å²) in [5, 5.41) is 12.6. The fourth-order valence-electron chi connectivity index (χ4n) is 1.43. The first kappa shape index (κ1) is 11.6. The summed E-state index contributed by atoms with van der Waals surface area (Å²) in [6, 6.07) is 7.61. The van der Waals surface area contributed by atoms with Crippen LogP contribution < -0.4 is 5.32 Å². The van der Waals surface area contributed by atoms with Crippen LogP contribution in [-0.2, 0) is 6.54 Å². The summed E-state index contributed by atoms with van der Waals surface area (Å²) in [5.74, 6) is 2.96. The second-order valence-corrected chi connectivity index (χ2v) is 3.56. The Kier molecular flexibility index (Phi) is 4.73. The summed E-state index contributed by atoms with van der Waals surface area (Å²) in [4.78, 5) is 0. The van der Waals surface area contributed by atoms with Crippen LogP contribution in [0.3, 0.4) is 0 Å². The summed E-state index contributed by atoms with van der Waals surface area (Å²) in [6.07, 6.45) is 7.03. The molecule has 0 aliphatic heterocycles. The van der Waals surface area contributed by atoms with Crippen LogP contribution in [0.2, 0.25) is 0 Å². The van der Waals surface area contributed by atoms with E-state index >= 15 is 0 Å². The van der Waals surface area contributed by atoms with Crippen molar-refractivity contribution in [2.75, 3.05) is 0 Å². The molecule has 1 unspecified atom stereocenters. The SMILES string of the molecule is C#CCC(CC)NCc1cccc(O)c1. The number of hydrogen-bond donors (Lipinski definition) is 2. The molecule has 0 heterocycles. The van der Waals surface area contributed by atoms with E-state index in [2.05, 4.69) is 18.2 Å². The highest BCUT2D eigenvalue weighted by Crippen LogP contribution is 2.11. The standard InChI is InChI=1S/C13H17NO/c1-3-6-12(4-2)14-10-11-7-5-8-13(15)9-11/h1,5,7-9,12,14-15H,4,6,10H2,2H3. The Morgan fingerprint density at radius 3 is 2.93 bits per heavy atom. The Morgan fingerprint density at radius 1 is 1.53 bits per heavy atom. The minimum atomic E-state index is 0.305. The van der Waals surface area contributed by atoms with Gasteiger partial charge in [-0.2, -0.15) is 0 Å². The lowest BCUT2D eigenvalue weighted by atomic mass is 10.1. The van der Waals surface area contributed by atoms with Crippen molar-refractivity contribution in [1.29, 1.82) is 0 Å². The molecule has 0 saturated heterocycles. The van der Waals surface area contributed by atoms with E-state index in [0.717, 1.165) is 24.9 Å². The number of phenolic OH excluding ortho intramolecular Hbond substituents is 1. The Balaban J connectivity index is 2.46. The Bertz CT molecular complexity index is 341. The van der Waals surface area contributed by atoms with Gasteiger partial charge in [0.15, 0.2) is 0 Å². The van der Waals surface area contributed by atoms with Gasteiger partial charge in [0.1, 0.15) is 5.75 Å². The van der Waals surface area contributed by atoms with Gasteiger partial charge in [-0.1, -0.05) is 19.1 Å². The average Bonchev–Trinajstić information content (AvgIpc) is 2.24. The van der Waals surface area contributed by atoms with Gasteiger partial charge >= 0.3 is 0 Å². The van der Waals surface area contributed by atoms with Crippen LogP contribution in [0.15, 0.2) is 24.3 Å². The number of phenols is 1. The van der Waals surface area contributed by atoms with E-state index in [1.807, 2.05) is 12.1 Å². The van der Waals surface area contributed by atoms with Crippen LogP contribution in [0.4, 0.5) is 0 Å². The van der Waals surface area contributed by atoms with E-state index in [0.29, 0.717) is 11.8 Å². The molecule has 0 fully saturated rings. The summed E-state index contributed by atoms with van der Waals surface area (Å²) in [7, 11) is 0. The summed E-state index contributed by atoms with van der Waals surface area (Å²) >= 11 is 0. The minimum absolute atomic E-state index is 0.305. The molecule has 80 valence electrons. The normalized spacial score (nSPS) is 12.0. The summed E-state index contributed by atoms with van der Waals surface area (Å²) in [5.41, 5.74) is 1.07. The highest BCUT2D eigenvalue weighted by atomic mass is 16.3. The molecule has 15 heavy (non-hydrogen) atoms. The molecule has 0 spiro atoms. The highest BCUT2D eigenvalue weighted by Gasteiger charge is 2.03. The third-order valence-corrected chi connectivity index (χ3v) is 2.36. The zero-order chi connectivity index (χ0) is 11.1. The van der Waals surface area contributed by atoms with Crippen molar-refractivity contribution < 1.29 is 5.11 Å². The molecule has 2 N–H and O–H groups in total. The van der Waals surface area contributed by atoms with Crippen LogP contribution >= 0.6 is 0 Å². The molecule has 1 rings (SSSR count). The maximum atomic E-state index is 9.28. The fraction of sp³-hybridized carbons (Fsp3) is 0.385. The minimum Gasteiger partial charge on any atom is -0.508 e. The fourth-order valence-corrected chi connectivity index (χ4v) is 1.43. The summed E-state index contributed by atoms with van der Waals surface area (Å²) in [6.45, 7) is 2.85. The molecular weight excluding hydrogens is 186 g/mol. The second-order valence-electron chi connectivity index (χ2n) is 3.56. The molecule has 2 heteroatoms. The predicted octanol–water partition coefficient (Wildman–Crippen LogP) is 2.28. The summed E-state index contributed by atoms with van der Waals surface area (Å²) < 4.78 is 0. The largest absolute Gasteiger partial charge is 0.508 e. The lowest BCUT2D eigenvalue weighted by molar-refractivity contribution is 0.471. The van der Waals surface area contributed by atoms with Gasteiger partial charge in [0.25, 0.3) is 0 Å². The first-order valence-corrected chi connectivity index (χ1v) is 5.21. The third kappa shape index (κ3) is 4.05. The van der Waals surface area contributed by atoms with Crippen molar-refractivity contribution in [3.05, 3.63) is 29.8 Å². The zero-order valence-electron chi connectivity index (χ0n) is 9.03. The van der Waals surface area contributed by atoms with Gasteiger partial charge in [0.05, 0.1) is 0 Å². The van der Waals surface area contributed by atoms with E-state index < -0.39 is 0 Å². The lowest BCUT2D eigenvalue weighted by Gasteiger charge is -2.14. The van der Waals surface area contributed by atoms with Crippen molar-refractivity contribution in [2.45, 2.75) is 32.4 Å². The molecule has 0 radical (unpaired) electrons. The molecular formula is C13H17NO. The van der Waals surface area contributed by atoms with Gasteiger partial charge in [-0.15, -0.1) is 12.3 Å². The van der Waals surface area contributed by atoms with Crippen LogP contribution in [0, 0.1) is 12.3 Å². The molecule has 2 nitrogen and oxygen atoms in total. The van der Waals surface area contributed by atoms with E-state index in [4.69, 9.17) is 6.42 Å². The highest BCUT2D eigenvalue weighted by molar-refractivity contribution is 5.26. The first-order chi connectivity index (χ1) is 7.26. The molecule has 1 aromatic carbocycles. The van der Waals surface area contributed by atoms with E-state index in [-0.39, 0.29) is 0 Å². The Morgan fingerprint density at radius 2 is 2.33 bits per heavy atom. The first-order valence-electron chi connectivity index (χ1n) is 5.21. The molecule has 0 amide bonds. The van der Waals surface area contributed by atoms with Crippen molar-refractivity contribution in [3.8, 4) is 18.1 Å². The molecule has 1 atom stereocenters. The lowest BCUT2D eigenvalue weighted by Crippen LogP contribution is -2.27. The van der Waals surface area contributed by atoms with Gasteiger partial charge < -0.3 is 10.4 Å². The Hall–Kier alpha value is -1.46. The maximum Gasteiger partial charge on any atom is 0.115 e. The van der Waals surface area contributed by atoms with Crippen LogP contribution in [0.1, 0.15) is 25.3 Å². The second kappa shape index (κ2) is 6.10. The van der Waals surface area contributed by atoms with E-state index in [1.54, 1.807) is 12.1 Å². The molecule has 0 saturated carbocycles. The quantitative estimate of drug-likeness (QED) is 0.720. The van der Waals surface area contributed by atoms with Crippen molar-refractivity contribution in [1.82, 2.24) is 5.32 Å². The topological polar surface area (TPSA) is 32.3 Å². The number of aromatic hydroxyl groups is 1. The smallest absolute Gasteiger partial charge is 0.115 e. The molecule has 1 aromatic rings. The van der Waals surface area contributed by atoms with Gasteiger partial charge in [0.2, 0.25) is 0 Å². The van der Waals surface area contributed by atoms with Gasteiger partial charge in [-0.3, -0.25) is 0 Å². The van der Waals surface area contributed by atoms with Crippen molar-refractivity contribution >= 4 is 0 Å². The Labute approximate surface area is 91.3 Å². The predicted molar refractivity (Wildman–Crippen MR) is 62.5 cm³/mol. The van der Waals surface area contributed by atoms with Gasteiger partial charge in [-0.25, -0.2) is 0 Å². The number of rotatable bonds is 5. The van der Waals surface area contributed by atoms with Gasteiger partial charge in [-0.05, 0) is 24.1 Å². The zero-order valence-corrected chi connectivity index (χ0v) is 9.03. The van der Waals surface area contributed by atoms with Crippen LogP contribution in [0.5, 0.6) is 5.75 Å². The third-order valence-electron chi connectivity index (χ3n) is 2.36. The molecule has 0 aromatic heterocycles. The average molecular weight is 203 g/mol. The van der Waals surface area contributed by atoms with Gasteiger partial charge in [0, 0.05) is 19.0 Å². The van der Waals surface area contributed by atoms with Crippen molar-refractivity contribution in [3.63, 3.8) is 0 Å². The number of terminal acetylenes is 1. The molecule has 0 aliphatic carbocycles. The van der Waals surface area contributed by atoms with E-state index in [1.165, 1.54) is 0 Å². The number of benzene rings is 1. The number of hydrogen-bond acceptors (Lipinski definition) is 2. The van der Waals surface area contributed by atoms with Crippen LogP contribution in [0.25, 0.3) is 0 Å².